The molecule has 1 aliphatic carbocycles. The van der Waals surface area contributed by atoms with Crippen LogP contribution in [-0.2, 0) is 5.41 Å². The van der Waals surface area contributed by atoms with Crippen LogP contribution in [0.1, 0.15) is 86.6 Å². The zero-order chi connectivity index (χ0) is 21.1. The van der Waals surface area contributed by atoms with Crippen molar-refractivity contribution in [2.45, 2.75) is 83.7 Å². The zero-order valence-electron chi connectivity index (χ0n) is 18.5. The Morgan fingerprint density at radius 1 is 0.897 bits per heavy atom. The molecule has 156 valence electrons. The minimum atomic E-state index is -0.635. The molecule has 0 saturated heterocycles. The van der Waals surface area contributed by atoms with Crippen LogP contribution in [0.5, 0.6) is 5.75 Å². The van der Waals surface area contributed by atoms with Gasteiger partial charge in [0.2, 0.25) is 0 Å². The molecule has 3 rings (SSSR count). The Kier molecular flexibility index (Phi) is 6.53. The van der Waals surface area contributed by atoms with Crippen LogP contribution in [0.15, 0.2) is 42.5 Å². The number of aliphatic hydroxyl groups is 1. The maximum Gasteiger partial charge on any atom is 0.118 e. The Bertz CT molecular complexity index is 868. The highest BCUT2D eigenvalue weighted by Crippen LogP contribution is 2.41. The summed E-state index contributed by atoms with van der Waals surface area (Å²) < 4.78 is 0. The van der Waals surface area contributed by atoms with Crippen LogP contribution in [0.4, 0.5) is 0 Å². The van der Waals surface area contributed by atoms with Crippen molar-refractivity contribution in [3.8, 4) is 5.75 Å². The van der Waals surface area contributed by atoms with E-state index in [-0.39, 0.29) is 5.41 Å². The summed E-state index contributed by atoms with van der Waals surface area (Å²) in [5, 5.41) is 20.7. The van der Waals surface area contributed by atoms with Gasteiger partial charge in [0.15, 0.2) is 0 Å². The number of phenolic OH excluding ortho intramolecular Hbond substituents is 1. The smallest absolute Gasteiger partial charge is 0.118 e. The van der Waals surface area contributed by atoms with Gasteiger partial charge in [-0.3, -0.25) is 0 Å². The summed E-state index contributed by atoms with van der Waals surface area (Å²) >= 11 is 0. The van der Waals surface area contributed by atoms with Gasteiger partial charge in [-0.2, -0.15) is 0 Å². The molecule has 2 heteroatoms. The van der Waals surface area contributed by atoms with Gasteiger partial charge in [0.25, 0.3) is 0 Å². The third-order valence-corrected chi connectivity index (χ3v) is 7.07. The topological polar surface area (TPSA) is 40.5 Å². The molecule has 2 aromatic carbocycles. The molecule has 0 heterocycles. The lowest BCUT2D eigenvalue weighted by molar-refractivity contribution is 0.0521. The number of aryl methyl sites for hydroxylation is 2. The van der Waals surface area contributed by atoms with Gasteiger partial charge >= 0.3 is 0 Å². The van der Waals surface area contributed by atoms with Crippen LogP contribution >= 0.6 is 0 Å². The molecule has 0 amide bonds. The quantitative estimate of drug-likeness (QED) is 0.566. The van der Waals surface area contributed by atoms with Crippen molar-refractivity contribution in [1.29, 1.82) is 0 Å². The third-order valence-electron chi connectivity index (χ3n) is 7.07. The SMILES string of the molecule is CCC(CC)(c1ccc(O)c(C)c1)c1ccc(C=CC2(O)CCCCC2)c(C)c1. The van der Waals surface area contributed by atoms with Gasteiger partial charge in [0, 0.05) is 5.41 Å². The van der Waals surface area contributed by atoms with Crippen LogP contribution in [0.25, 0.3) is 6.08 Å². The summed E-state index contributed by atoms with van der Waals surface area (Å²) in [5.74, 6) is 0.354. The van der Waals surface area contributed by atoms with Crippen LogP contribution < -0.4 is 0 Å². The van der Waals surface area contributed by atoms with Gasteiger partial charge in [-0.15, -0.1) is 0 Å². The molecule has 2 nitrogen and oxygen atoms in total. The molecular weight excluding hydrogens is 356 g/mol. The van der Waals surface area contributed by atoms with E-state index in [9.17, 15) is 10.2 Å². The monoisotopic (exact) mass is 392 g/mol. The van der Waals surface area contributed by atoms with E-state index in [1.54, 1.807) is 0 Å². The molecule has 1 saturated carbocycles. The van der Waals surface area contributed by atoms with Gasteiger partial charge in [-0.25, -0.2) is 0 Å². The predicted octanol–water partition coefficient (Wildman–Crippen LogP) is 6.82. The maximum atomic E-state index is 10.8. The molecule has 0 radical (unpaired) electrons. The summed E-state index contributed by atoms with van der Waals surface area (Å²) in [6.07, 6.45) is 11.3. The summed E-state index contributed by atoms with van der Waals surface area (Å²) in [6, 6.07) is 12.8. The summed E-state index contributed by atoms with van der Waals surface area (Å²) in [7, 11) is 0. The molecule has 0 unspecified atom stereocenters. The highest BCUT2D eigenvalue weighted by Gasteiger charge is 2.31. The van der Waals surface area contributed by atoms with E-state index in [2.05, 4.69) is 57.2 Å². The second kappa shape index (κ2) is 8.75. The van der Waals surface area contributed by atoms with Crippen molar-refractivity contribution in [2.24, 2.45) is 0 Å². The molecule has 0 atom stereocenters. The molecular formula is C27H36O2. The number of hydrogen-bond donors (Lipinski definition) is 2. The van der Waals surface area contributed by atoms with E-state index >= 15 is 0 Å². The van der Waals surface area contributed by atoms with Gasteiger partial charge in [0.05, 0.1) is 5.60 Å². The Balaban J connectivity index is 1.95. The van der Waals surface area contributed by atoms with Crippen molar-refractivity contribution in [3.05, 3.63) is 70.3 Å². The van der Waals surface area contributed by atoms with Crippen molar-refractivity contribution in [3.63, 3.8) is 0 Å². The molecule has 2 N–H and O–H groups in total. The number of aromatic hydroxyl groups is 1. The van der Waals surface area contributed by atoms with Crippen LogP contribution in [0.2, 0.25) is 0 Å². The Morgan fingerprint density at radius 2 is 1.48 bits per heavy atom. The van der Waals surface area contributed by atoms with Crippen molar-refractivity contribution < 1.29 is 10.2 Å². The summed E-state index contributed by atoms with van der Waals surface area (Å²) in [6.45, 7) is 8.61. The number of hydrogen-bond acceptors (Lipinski definition) is 2. The molecule has 0 aliphatic heterocycles. The lowest BCUT2D eigenvalue weighted by Gasteiger charge is -2.34. The molecule has 29 heavy (non-hydrogen) atoms. The van der Waals surface area contributed by atoms with Crippen molar-refractivity contribution >= 4 is 6.08 Å². The fourth-order valence-electron chi connectivity index (χ4n) is 4.92. The van der Waals surface area contributed by atoms with Crippen LogP contribution in [-0.4, -0.2) is 15.8 Å². The first kappa shape index (κ1) is 21.6. The fourth-order valence-corrected chi connectivity index (χ4v) is 4.92. The van der Waals surface area contributed by atoms with Gasteiger partial charge < -0.3 is 10.2 Å². The van der Waals surface area contributed by atoms with E-state index in [1.165, 1.54) is 28.7 Å². The van der Waals surface area contributed by atoms with E-state index < -0.39 is 5.60 Å². The molecule has 2 aromatic rings. The Hall–Kier alpha value is -2.06. The Labute approximate surface area is 176 Å². The van der Waals surface area contributed by atoms with Crippen molar-refractivity contribution in [1.82, 2.24) is 0 Å². The zero-order valence-corrected chi connectivity index (χ0v) is 18.5. The largest absolute Gasteiger partial charge is 0.508 e. The average Bonchev–Trinajstić information content (AvgIpc) is 2.72. The second-order valence-corrected chi connectivity index (χ2v) is 8.86. The molecule has 0 spiro atoms. The van der Waals surface area contributed by atoms with Gasteiger partial charge in [-0.05, 0) is 73.4 Å². The Morgan fingerprint density at radius 3 is 2.03 bits per heavy atom. The lowest BCUT2D eigenvalue weighted by Crippen LogP contribution is -2.28. The van der Waals surface area contributed by atoms with Gasteiger partial charge in [0.1, 0.15) is 5.75 Å². The first-order valence-corrected chi connectivity index (χ1v) is 11.2. The van der Waals surface area contributed by atoms with Gasteiger partial charge in [-0.1, -0.05) is 75.6 Å². The number of benzene rings is 2. The minimum Gasteiger partial charge on any atom is -0.508 e. The third kappa shape index (κ3) is 4.43. The first-order valence-electron chi connectivity index (χ1n) is 11.2. The molecule has 0 aromatic heterocycles. The van der Waals surface area contributed by atoms with Crippen molar-refractivity contribution in [2.75, 3.05) is 0 Å². The molecule has 1 fully saturated rings. The van der Waals surface area contributed by atoms with E-state index in [1.807, 2.05) is 19.1 Å². The standard InChI is InChI=1S/C27H36O2/c1-5-27(6-2,24-12-13-25(28)21(4)19-24)23-11-10-22(20(3)18-23)14-17-26(29)15-8-7-9-16-26/h10-14,17-19,28-29H,5-9,15-16H2,1-4H3. The summed E-state index contributed by atoms with van der Waals surface area (Å²) in [4.78, 5) is 0. The average molecular weight is 393 g/mol. The molecule has 1 aliphatic rings. The first-order chi connectivity index (χ1) is 13.8. The normalized spacial score (nSPS) is 17.0. The highest BCUT2D eigenvalue weighted by molar-refractivity contribution is 5.57. The maximum absolute atomic E-state index is 10.8. The highest BCUT2D eigenvalue weighted by atomic mass is 16.3. The van der Waals surface area contributed by atoms with E-state index in [0.29, 0.717) is 5.75 Å². The summed E-state index contributed by atoms with van der Waals surface area (Å²) in [5.41, 5.74) is 5.22. The van der Waals surface area contributed by atoms with E-state index in [0.717, 1.165) is 44.1 Å². The lowest BCUT2D eigenvalue weighted by atomic mass is 9.70. The predicted molar refractivity (Wildman–Crippen MR) is 122 cm³/mol. The minimum absolute atomic E-state index is 0.0625. The van der Waals surface area contributed by atoms with E-state index in [4.69, 9.17) is 0 Å². The fraction of sp³-hybridized carbons (Fsp3) is 0.481. The van der Waals surface area contributed by atoms with Crippen LogP contribution in [0.3, 0.4) is 0 Å². The molecule has 0 bridgehead atoms. The van der Waals surface area contributed by atoms with Crippen LogP contribution in [0, 0.1) is 13.8 Å². The number of rotatable bonds is 6. The number of phenols is 1. The second-order valence-electron chi connectivity index (χ2n) is 8.86.